The van der Waals surface area contributed by atoms with Crippen LogP contribution in [-0.2, 0) is 10.9 Å². The van der Waals surface area contributed by atoms with Crippen LogP contribution in [-0.4, -0.2) is 19.8 Å². The van der Waals surface area contributed by atoms with Gasteiger partial charge in [-0.15, -0.1) is 0 Å². The third-order valence-electron chi connectivity index (χ3n) is 2.84. The van der Waals surface area contributed by atoms with Gasteiger partial charge in [0.1, 0.15) is 5.75 Å². The van der Waals surface area contributed by atoms with Crippen LogP contribution in [0.3, 0.4) is 0 Å². The van der Waals surface area contributed by atoms with E-state index < -0.39 is 11.7 Å². The first kappa shape index (κ1) is 13.0. The summed E-state index contributed by atoms with van der Waals surface area (Å²) < 4.78 is 48.4. The Bertz CT molecular complexity index is 414. The number of hydrogen-bond acceptors (Lipinski definition) is 3. The van der Waals surface area contributed by atoms with Crippen LogP contribution >= 0.6 is 0 Å². The molecule has 0 saturated carbocycles. The molecular formula is C12H14F3NO2. The number of hydrogen-bond donors (Lipinski definition) is 1. The number of nitrogens with two attached hydrogens (primary N) is 1. The van der Waals surface area contributed by atoms with Gasteiger partial charge in [-0.3, -0.25) is 0 Å². The Morgan fingerprint density at radius 1 is 1.39 bits per heavy atom. The molecule has 100 valence electrons. The van der Waals surface area contributed by atoms with Crippen molar-refractivity contribution in [2.75, 3.05) is 25.6 Å². The number of halogens is 3. The summed E-state index contributed by atoms with van der Waals surface area (Å²) in [6.07, 6.45) is -3.58. The van der Waals surface area contributed by atoms with E-state index in [1.807, 2.05) is 0 Å². The average Bonchev–Trinajstić information content (AvgIpc) is 2.79. The van der Waals surface area contributed by atoms with Gasteiger partial charge in [0.15, 0.2) is 0 Å². The number of rotatable bonds is 3. The zero-order chi connectivity index (χ0) is 13.2. The third-order valence-corrected chi connectivity index (χ3v) is 2.84. The first-order chi connectivity index (χ1) is 8.47. The van der Waals surface area contributed by atoms with E-state index in [0.29, 0.717) is 19.8 Å². The summed E-state index contributed by atoms with van der Waals surface area (Å²) in [4.78, 5) is 0. The highest BCUT2D eigenvalue weighted by Crippen LogP contribution is 2.35. The second-order valence-corrected chi connectivity index (χ2v) is 4.29. The standard InChI is InChI=1S/C12H14F3NO2/c13-12(14,15)10-5-9(1-2-11(10)16)18-7-8-3-4-17-6-8/h1-2,5,8H,3-4,6-7,16H2. The van der Waals surface area contributed by atoms with Crippen LogP contribution in [0.4, 0.5) is 18.9 Å². The Morgan fingerprint density at radius 2 is 2.17 bits per heavy atom. The molecule has 0 bridgehead atoms. The Morgan fingerprint density at radius 3 is 2.78 bits per heavy atom. The van der Waals surface area contributed by atoms with E-state index in [2.05, 4.69) is 0 Å². The largest absolute Gasteiger partial charge is 0.493 e. The van der Waals surface area contributed by atoms with Crippen molar-refractivity contribution < 1.29 is 22.6 Å². The van der Waals surface area contributed by atoms with Crippen LogP contribution in [0.1, 0.15) is 12.0 Å². The number of alkyl halides is 3. The average molecular weight is 261 g/mol. The highest BCUT2D eigenvalue weighted by atomic mass is 19.4. The van der Waals surface area contributed by atoms with E-state index in [-0.39, 0.29) is 17.4 Å². The molecule has 3 nitrogen and oxygen atoms in total. The lowest BCUT2D eigenvalue weighted by Gasteiger charge is -2.14. The van der Waals surface area contributed by atoms with Crippen molar-refractivity contribution in [3.8, 4) is 5.75 Å². The summed E-state index contributed by atoms with van der Waals surface area (Å²) in [5.41, 5.74) is 4.15. The minimum Gasteiger partial charge on any atom is -0.493 e. The summed E-state index contributed by atoms with van der Waals surface area (Å²) in [6.45, 7) is 1.64. The Balaban J connectivity index is 2.04. The number of nitrogen functional groups attached to an aromatic ring is 1. The normalized spacial score (nSPS) is 20.1. The zero-order valence-corrected chi connectivity index (χ0v) is 9.67. The van der Waals surface area contributed by atoms with Crippen molar-refractivity contribution in [2.24, 2.45) is 5.92 Å². The van der Waals surface area contributed by atoms with Crippen LogP contribution in [0.15, 0.2) is 18.2 Å². The molecule has 1 atom stereocenters. The lowest BCUT2D eigenvalue weighted by molar-refractivity contribution is -0.137. The molecule has 1 heterocycles. The van der Waals surface area contributed by atoms with Gasteiger partial charge in [0.25, 0.3) is 0 Å². The molecule has 1 aliphatic heterocycles. The molecule has 1 aromatic carbocycles. The minimum atomic E-state index is -4.46. The second-order valence-electron chi connectivity index (χ2n) is 4.29. The number of anilines is 1. The molecule has 0 radical (unpaired) electrons. The van der Waals surface area contributed by atoms with Crippen LogP contribution < -0.4 is 10.5 Å². The maximum absolute atomic E-state index is 12.6. The van der Waals surface area contributed by atoms with Crippen molar-refractivity contribution >= 4 is 5.69 Å². The molecular weight excluding hydrogens is 247 g/mol. The van der Waals surface area contributed by atoms with Crippen LogP contribution in [0, 0.1) is 5.92 Å². The second kappa shape index (κ2) is 5.06. The Labute approximate surface area is 103 Å². The van der Waals surface area contributed by atoms with Crippen molar-refractivity contribution in [1.82, 2.24) is 0 Å². The maximum Gasteiger partial charge on any atom is 0.418 e. The SMILES string of the molecule is Nc1ccc(OCC2CCOC2)cc1C(F)(F)F. The summed E-state index contributed by atoms with van der Waals surface area (Å²) in [7, 11) is 0. The molecule has 1 aliphatic rings. The molecule has 0 aromatic heterocycles. The van der Waals surface area contributed by atoms with Gasteiger partial charge in [0.2, 0.25) is 0 Å². The molecule has 1 saturated heterocycles. The fourth-order valence-electron chi connectivity index (χ4n) is 1.80. The molecule has 1 fully saturated rings. The molecule has 18 heavy (non-hydrogen) atoms. The molecule has 1 unspecified atom stereocenters. The smallest absolute Gasteiger partial charge is 0.418 e. The quantitative estimate of drug-likeness (QED) is 0.851. The van der Waals surface area contributed by atoms with E-state index in [1.54, 1.807) is 0 Å². The molecule has 6 heteroatoms. The highest BCUT2D eigenvalue weighted by molar-refractivity contribution is 5.51. The van der Waals surface area contributed by atoms with Gasteiger partial charge in [-0.2, -0.15) is 13.2 Å². The van der Waals surface area contributed by atoms with E-state index in [9.17, 15) is 13.2 Å². The zero-order valence-electron chi connectivity index (χ0n) is 9.67. The molecule has 0 spiro atoms. The predicted octanol–water partition coefficient (Wildman–Crippen LogP) is 2.70. The lowest BCUT2D eigenvalue weighted by Crippen LogP contribution is -2.13. The van der Waals surface area contributed by atoms with Crippen molar-refractivity contribution in [3.05, 3.63) is 23.8 Å². The first-order valence-corrected chi connectivity index (χ1v) is 5.64. The number of benzene rings is 1. The first-order valence-electron chi connectivity index (χ1n) is 5.64. The minimum absolute atomic E-state index is 0.184. The van der Waals surface area contributed by atoms with Crippen molar-refractivity contribution in [3.63, 3.8) is 0 Å². The summed E-state index contributed by atoms with van der Waals surface area (Å²) in [5.74, 6) is 0.431. The topological polar surface area (TPSA) is 44.5 Å². The van der Waals surface area contributed by atoms with Crippen LogP contribution in [0.25, 0.3) is 0 Å². The predicted molar refractivity (Wildman–Crippen MR) is 60.3 cm³/mol. The van der Waals surface area contributed by atoms with E-state index in [1.165, 1.54) is 12.1 Å². The Kier molecular flexibility index (Phi) is 3.65. The Hall–Kier alpha value is -1.43. The molecule has 2 rings (SSSR count). The van der Waals surface area contributed by atoms with Gasteiger partial charge >= 0.3 is 6.18 Å². The maximum atomic E-state index is 12.6. The van der Waals surface area contributed by atoms with Gasteiger partial charge in [-0.05, 0) is 24.6 Å². The van der Waals surface area contributed by atoms with Crippen LogP contribution in [0.2, 0.25) is 0 Å². The third kappa shape index (κ3) is 3.07. The monoisotopic (exact) mass is 261 g/mol. The van der Waals surface area contributed by atoms with Gasteiger partial charge < -0.3 is 15.2 Å². The fraction of sp³-hybridized carbons (Fsp3) is 0.500. The van der Waals surface area contributed by atoms with Gasteiger partial charge in [0.05, 0.1) is 18.8 Å². The highest BCUT2D eigenvalue weighted by Gasteiger charge is 2.33. The van der Waals surface area contributed by atoms with E-state index in [4.69, 9.17) is 15.2 Å². The number of ether oxygens (including phenoxy) is 2. The van der Waals surface area contributed by atoms with Gasteiger partial charge in [-0.25, -0.2) is 0 Å². The van der Waals surface area contributed by atoms with Gasteiger partial charge in [-0.1, -0.05) is 0 Å². The molecule has 0 aliphatic carbocycles. The fourth-order valence-corrected chi connectivity index (χ4v) is 1.80. The van der Waals surface area contributed by atoms with E-state index in [0.717, 1.165) is 12.5 Å². The molecule has 0 amide bonds. The summed E-state index contributed by atoms with van der Waals surface area (Å²) in [5, 5.41) is 0. The van der Waals surface area contributed by atoms with Crippen molar-refractivity contribution in [1.29, 1.82) is 0 Å². The van der Waals surface area contributed by atoms with Crippen LogP contribution in [0.5, 0.6) is 5.75 Å². The van der Waals surface area contributed by atoms with Gasteiger partial charge in [0, 0.05) is 18.2 Å². The lowest BCUT2D eigenvalue weighted by atomic mass is 10.1. The summed E-state index contributed by atoms with van der Waals surface area (Å²) in [6, 6.07) is 3.59. The van der Waals surface area contributed by atoms with Crippen molar-refractivity contribution in [2.45, 2.75) is 12.6 Å². The molecule has 1 aromatic rings. The van der Waals surface area contributed by atoms with E-state index >= 15 is 0 Å². The summed E-state index contributed by atoms with van der Waals surface area (Å²) >= 11 is 0. The molecule has 2 N–H and O–H groups in total.